The zero-order valence-electron chi connectivity index (χ0n) is 12.8. The lowest BCUT2D eigenvalue weighted by Gasteiger charge is -2.54. The van der Waals surface area contributed by atoms with Crippen LogP contribution in [0.2, 0.25) is 0 Å². The number of likely N-dealkylation sites (tertiary alicyclic amines) is 2. The quantitative estimate of drug-likeness (QED) is 0.843. The van der Waals surface area contributed by atoms with Crippen molar-refractivity contribution in [2.24, 2.45) is 17.6 Å². The van der Waals surface area contributed by atoms with Crippen LogP contribution in [0, 0.1) is 11.8 Å². The second-order valence-electron chi connectivity index (χ2n) is 7.47. The van der Waals surface area contributed by atoms with E-state index in [2.05, 4.69) is 23.6 Å². The Bertz CT molecular complexity index is 303. The number of hydrogen-bond donors (Lipinski definition) is 1. The predicted molar refractivity (Wildman–Crippen MR) is 80.1 cm³/mol. The van der Waals surface area contributed by atoms with E-state index in [4.69, 9.17) is 5.73 Å². The molecule has 0 aromatic rings. The summed E-state index contributed by atoms with van der Waals surface area (Å²) in [6.45, 7) is 10.8. The molecule has 0 aromatic carbocycles. The van der Waals surface area contributed by atoms with Crippen LogP contribution in [-0.2, 0) is 0 Å². The fourth-order valence-corrected chi connectivity index (χ4v) is 4.52. The summed E-state index contributed by atoms with van der Waals surface area (Å²) >= 11 is 0. The molecule has 3 rings (SSSR count). The Labute approximate surface area is 118 Å². The molecule has 3 aliphatic rings. The molecule has 0 amide bonds. The predicted octanol–water partition coefficient (Wildman–Crippen LogP) is 1.92. The second kappa shape index (κ2) is 5.34. The van der Waals surface area contributed by atoms with Gasteiger partial charge in [0.1, 0.15) is 0 Å². The third kappa shape index (κ3) is 2.45. The summed E-state index contributed by atoms with van der Waals surface area (Å²) in [5, 5.41) is 0. The Kier molecular flexibility index (Phi) is 3.89. The van der Waals surface area contributed by atoms with Crippen LogP contribution in [-0.4, -0.2) is 54.1 Å². The first-order valence-electron chi connectivity index (χ1n) is 8.34. The lowest BCUT2D eigenvalue weighted by Crippen LogP contribution is -2.62. The van der Waals surface area contributed by atoms with Gasteiger partial charge in [-0.1, -0.05) is 13.8 Å². The van der Waals surface area contributed by atoms with Gasteiger partial charge in [-0.25, -0.2) is 0 Å². The molecule has 110 valence electrons. The number of nitrogens with zero attached hydrogens (tertiary/aromatic N) is 2. The first-order chi connectivity index (χ1) is 9.14. The van der Waals surface area contributed by atoms with Gasteiger partial charge in [0.25, 0.3) is 0 Å². The summed E-state index contributed by atoms with van der Waals surface area (Å²) in [6, 6.07) is 0.823. The minimum absolute atomic E-state index is 0.364. The van der Waals surface area contributed by atoms with Gasteiger partial charge in [-0.05, 0) is 57.0 Å². The van der Waals surface area contributed by atoms with Crippen molar-refractivity contribution in [1.82, 2.24) is 9.80 Å². The van der Waals surface area contributed by atoms with Crippen molar-refractivity contribution in [2.45, 2.75) is 57.5 Å². The third-order valence-corrected chi connectivity index (χ3v) is 6.10. The van der Waals surface area contributed by atoms with E-state index in [1.54, 1.807) is 0 Å². The van der Waals surface area contributed by atoms with Crippen LogP contribution in [0.15, 0.2) is 0 Å². The minimum atomic E-state index is 0.364. The normalized spacial score (nSPS) is 41.1. The van der Waals surface area contributed by atoms with E-state index in [1.165, 1.54) is 58.3 Å². The molecule has 0 bridgehead atoms. The molecule has 1 unspecified atom stereocenters. The lowest BCUT2D eigenvalue weighted by molar-refractivity contribution is -0.0246. The van der Waals surface area contributed by atoms with Crippen LogP contribution in [0.3, 0.4) is 0 Å². The molecule has 3 nitrogen and oxygen atoms in total. The Morgan fingerprint density at radius 3 is 2.42 bits per heavy atom. The van der Waals surface area contributed by atoms with Crippen LogP contribution >= 0.6 is 0 Å². The highest BCUT2D eigenvalue weighted by Crippen LogP contribution is 2.46. The highest BCUT2D eigenvalue weighted by Gasteiger charge is 2.50. The molecule has 1 atom stereocenters. The van der Waals surface area contributed by atoms with Crippen molar-refractivity contribution < 1.29 is 0 Å². The van der Waals surface area contributed by atoms with E-state index in [9.17, 15) is 0 Å². The Balaban J connectivity index is 1.57. The summed E-state index contributed by atoms with van der Waals surface area (Å²) in [4.78, 5) is 5.47. The average molecular weight is 265 g/mol. The van der Waals surface area contributed by atoms with Crippen molar-refractivity contribution in [1.29, 1.82) is 0 Å². The van der Waals surface area contributed by atoms with Crippen molar-refractivity contribution in [3.8, 4) is 0 Å². The van der Waals surface area contributed by atoms with Gasteiger partial charge in [0.15, 0.2) is 0 Å². The van der Waals surface area contributed by atoms with E-state index in [0.717, 1.165) is 24.4 Å². The van der Waals surface area contributed by atoms with Gasteiger partial charge >= 0.3 is 0 Å². The number of rotatable bonds is 4. The summed E-state index contributed by atoms with van der Waals surface area (Å²) in [7, 11) is 0. The monoisotopic (exact) mass is 265 g/mol. The second-order valence-corrected chi connectivity index (χ2v) is 7.47. The standard InChI is InChI=1S/C16H31N3/c1-13(2)14-9-16(10-14,12-17)19-8-5-15(11-19)18-6-3-4-7-18/h13-15H,3-12,17H2,1-2H3. The van der Waals surface area contributed by atoms with Gasteiger partial charge in [-0.2, -0.15) is 0 Å². The molecule has 1 aliphatic carbocycles. The first-order valence-corrected chi connectivity index (χ1v) is 8.34. The molecule has 0 spiro atoms. The topological polar surface area (TPSA) is 32.5 Å². The van der Waals surface area contributed by atoms with Crippen molar-refractivity contribution in [3.05, 3.63) is 0 Å². The van der Waals surface area contributed by atoms with Gasteiger partial charge < -0.3 is 5.73 Å². The minimum Gasteiger partial charge on any atom is -0.329 e. The maximum absolute atomic E-state index is 6.15. The largest absolute Gasteiger partial charge is 0.329 e. The van der Waals surface area contributed by atoms with Gasteiger partial charge in [0.05, 0.1) is 0 Å². The Morgan fingerprint density at radius 2 is 1.84 bits per heavy atom. The van der Waals surface area contributed by atoms with Crippen molar-refractivity contribution >= 4 is 0 Å². The van der Waals surface area contributed by atoms with Crippen LogP contribution < -0.4 is 5.73 Å². The lowest BCUT2D eigenvalue weighted by atomic mass is 9.63. The van der Waals surface area contributed by atoms with E-state index >= 15 is 0 Å². The summed E-state index contributed by atoms with van der Waals surface area (Å²) in [5.74, 6) is 1.74. The molecule has 3 fully saturated rings. The molecule has 2 heterocycles. The molecule has 1 saturated carbocycles. The molecule has 2 saturated heterocycles. The van der Waals surface area contributed by atoms with Gasteiger partial charge in [0.2, 0.25) is 0 Å². The Hall–Kier alpha value is -0.120. The van der Waals surface area contributed by atoms with Crippen LogP contribution in [0.5, 0.6) is 0 Å². The van der Waals surface area contributed by atoms with Gasteiger partial charge in [-0.3, -0.25) is 9.80 Å². The smallest absolute Gasteiger partial charge is 0.0337 e. The maximum Gasteiger partial charge on any atom is 0.0337 e. The Morgan fingerprint density at radius 1 is 1.16 bits per heavy atom. The van der Waals surface area contributed by atoms with E-state index < -0.39 is 0 Å². The highest BCUT2D eigenvalue weighted by molar-refractivity contribution is 5.06. The molecule has 19 heavy (non-hydrogen) atoms. The van der Waals surface area contributed by atoms with Gasteiger partial charge in [-0.15, -0.1) is 0 Å². The zero-order chi connectivity index (χ0) is 13.5. The van der Waals surface area contributed by atoms with Gasteiger partial charge in [0, 0.05) is 31.2 Å². The van der Waals surface area contributed by atoms with Crippen molar-refractivity contribution in [3.63, 3.8) is 0 Å². The van der Waals surface area contributed by atoms with Crippen LogP contribution in [0.4, 0.5) is 0 Å². The molecular weight excluding hydrogens is 234 g/mol. The molecule has 2 aliphatic heterocycles. The number of nitrogens with two attached hydrogens (primary N) is 1. The van der Waals surface area contributed by atoms with Crippen LogP contribution in [0.25, 0.3) is 0 Å². The van der Waals surface area contributed by atoms with Crippen molar-refractivity contribution in [2.75, 3.05) is 32.7 Å². The van der Waals surface area contributed by atoms with E-state index in [0.29, 0.717) is 5.54 Å². The fraction of sp³-hybridized carbons (Fsp3) is 1.00. The summed E-state index contributed by atoms with van der Waals surface area (Å²) in [5.41, 5.74) is 6.52. The molecule has 2 N–H and O–H groups in total. The van der Waals surface area contributed by atoms with Crippen LogP contribution in [0.1, 0.15) is 46.0 Å². The summed E-state index contributed by atoms with van der Waals surface area (Å²) < 4.78 is 0. The highest BCUT2D eigenvalue weighted by atomic mass is 15.3. The zero-order valence-corrected chi connectivity index (χ0v) is 12.8. The molecule has 0 aromatic heterocycles. The molecular formula is C16H31N3. The molecule has 3 heteroatoms. The third-order valence-electron chi connectivity index (χ3n) is 6.10. The first kappa shape index (κ1) is 13.8. The maximum atomic E-state index is 6.15. The average Bonchev–Trinajstić information content (AvgIpc) is 2.98. The summed E-state index contributed by atoms with van der Waals surface area (Å²) in [6.07, 6.45) is 6.87. The number of hydrogen-bond acceptors (Lipinski definition) is 3. The fourth-order valence-electron chi connectivity index (χ4n) is 4.52. The molecule has 0 radical (unpaired) electrons. The van der Waals surface area contributed by atoms with E-state index in [1.807, 2.05) is 0 Å². The SMILES string of the molecule is CC(C)C1CC(CN)(N2CCC(N3CCCC3)C2)C1. The van der Waals surface area contributed by atoms with E-state index in [-0.39, 0.29) is 0 Å².